The fourth-order valence-electron chi connectivity index (χ4n) is 3.23. The largest absolute Gasteiger partial charge is 0.362 e. The maximum absolute atomic E-state index is 12.5. The molecule has 4 rings (SSSR count). The first-order valence-electron chi connectivity index (χ1n) is 10.1. The average molecular weight is 455 g/mol. The highest BCUT2D eigenvalue weighted by Gasteiger charge is 2.20. The Balaban J connectivity index is 1.33. The first-order valence-corrected chi connectivity index (χ1v) is 11.5. The van der Waals surface area contributed by atoms with E-state index in [9.17, 15) is 13.2 Å². The molecule has 10 nitrogen and oxygen atoms in total. The average Bonchev–Trinajstić information content (AvgIpc) is 3.42. The number of likely N-dealkylation sites (tertiary alicyclic amines) is 1. The number of aryl methyl sites for hydroxylation is 1. The van der Waals surface area contributed by atoms with Gasteiger partial charge in [0.15, 0.2) is 0 Å². The molecule has 1 saturated heterocycles. The van der Waals surface area contributed by atoms with Gasteiger partial charge < -0.3 is 14.7 Å². The van der Waals surface area contributed by atoms with E-state index in [4.69, 9.17) is 4.52 Å². The zero-order valence-corrected chi connectivity index (χ0v) is 18.2. The Morgan fingerprint density at radius 3 is 2.62 bits per heavy atom. The number of sulfonamides is 1. The van der Waals surface area contributed by atoms with Crippen molar-refractivity contribution in [3.63, 3.8) is 0 Å². The van der Waals surface area contributed by atoms with E-state index in [1.165, 1.54) is 24.3 Å². The van der Waals surface area contributed by atoms with Crippen molar-refractivity contribution in [3.8, 4) is 11.4 Å². The van der Waals surface area contributed by atoms with Crippen LogP contribution in [0.4, 0.5) is 5.69 Å². The minimum Gasteiger partial charge on any atom is -0.362 e. The molecule has 32 heavy (non-hydrogen) atoms. The second-order valence-electron chi connectivity index (χ2n) is 7.33. The molecule has 0 saturated carbocycles. The normalized spacial score (nSPS) is 15.3. The zero-order chi connectivity index (χ0) is 22.6. The maximum atomic E-state index is 12.5. The molecule has 0 aliphatic carbocycles. The molecule has 3 heterocycles. The van der Waals surface area contributed by atoms with Gasteiger partial charge in [-0.2, -0.15) is 13.4 Å². The number of amides is 1. The summed E-state index contributed by atoms with van der Waals surface area (Å²) in [4.78, 5) is 22.4. The zero-order valence-electron chi connectivity index (χ0n) is 17.4. The van der Waals surface area contributed by atoms with Crippen LogP contribution in [-0.2, 0) is 21.2 Å². The topological polar surface area (TPSA) is 131 Å². The van der Waals surface area contributed by atoms with Gasteiger partial charge in [-0.3, -0.25) is 9.78 Å². The summed E-state index contributed by atoms with van der Waals surface area (Å²) in [6.45, 7) is 0.800. The van der Waals surface area contributed by atoms with E-state index in [2.05, 4.69) is 24.8 Å². The van der Waals surface area contributed by atoms with E-state index in [0.717, 1.165) is 18.5 Å². The Kier molecular flexibility index (Phi) is 6.26. The number of nitrogens with one attached hydrogen (secondary N) is 1. The minimum atomic E-state index is -3.79. The second-order valence-corrected chi connectivity index (χ2v) is 8.93. The molecular weight excluding hydrogens is 432 g/mol. The molecule has 1 N–H and O–H groups in total. The summed E-state index contributed by atoms with van der Waals surface area (Å²) in [5, 5.41) is 6.64. The van der Waals surface area contributed by atoms with Crippen LogP contribution in [0.3, 0.4) is 0 Å². The van der Waals surface area contributed by atoms with Crippen LogP contribution in [0.5, 0.6) is 0 Å². The lowest BCUT2D eigenvalue weighted by atomic mass is 10.2. The number of anilines is 1. The van der Waals surface area contributed by atoms with Crippen LogP contribution in [0.25, 0.3) is 11.4 Å². The monoisotopic (exact) mass is 454 g/mol. The molecule has 3 aromatic rings. The van der Waals surface area contributed by atoms with E-state index < -0.39 is 10.0 Å². The molecule has 0 bridgehead atoms. The number of aromatic nitrogens is 3. The summed E-state index contributed by atoms with van der Waals surface area (Å²) in [5.41, 5.74) is 1.27. The lowest BCUT2D eigenvalue weighted by molar-refractivity contribution is -0.116. The molecule has 1 aliphatic rings. The number of amidine groups is 1. The summed E-state index contributed by atoms with van der Waals surface area (Å²) in [6, 6.07) is 9.48. The number of nitrogens with zero attached hydrogens (tertiary/aromatic N) is 5. The Bertz CT molecular complexity index is 1220. The van der Waals surface area contributed by atoms with Crippen LogP contribution in [0.2, 0.25) is 0 Å². The van der Waals surface area contributed by atoms with Gasteiger partial charge in [-0.05, 0) is 42.8 Å². The van der Waals surface area contributed by atoms with Crippen molar-refractivity contribution >= 4 is 27.5 Å². The molecule has 1 amide bonds. The smallest absolute Gasteiger partial charge is 0.283 e. The minimum absolute atomic E-state index is 0.0813. The highest BCUT2D eigenvalue weighted by atomic mass is 32.2. The highest BCUT2D eigenvalue weighted by molar-refractivity contribution is 7.90. The molecular formula is C21H22N6O4S. The van der Waals surface area contributed by atoms with Crippen LogP contribution in [0, 0.1) is 0 Å². The predicted molar refractivity (Wildman–Crippen MR) is 117 cm³/mol. The number of carbonyl (C=O) groups excluding carboxylic acids is 1. The predicted octanol–water partition coefficient (Wildman–Crippen LogP) is 2.52. The molecule has 0 radical (unpaired) electrons. The van der Waals surface area contributed by atoms with Gasteiger partial charge in [-0.25, -0.2) is 0 Å². The van der Waals surface area contributed by atoms with Crippen LogP contribution < -0.4 is 5.32 Å². The Morgan fingerprint density at radius 2 is 1.94 bits per heavy atom. The lowest BCUT2D eigenvalue weighted by Crippen LogP contribution is -2.20. The van der Waals surface area contributed by atoms with Crippen molar-refractivity contribution in [1.29, 1.82) is 0 Å². The number of pyridine rings is 1. The van der Waals surface area contributed by atoms with Gasteiger partial charge in [0, 0.05) is 56.5 Å². The van der Waals surface area contributed by atoms with Gasteiger partial charge in [0.25, 0.3) is 10.0 Å². The molecule has 0 unspecified atom stereocenters. The van der Waals surface area contributed by atoms with Gasteiger partial charge in [0.2, 0.25) is 17.6 Å². The maximum Gasteiger partial charge on any atom is 0.283 e. The molecule has 0 spiro atoms. The summed E-state index contributed by atoms with van der Waals surface area (Å²) in [7, 11) is -1.96. The summed E-state index contributed by atoms with van der Waals surface area (Å²) in [6.07, 6.45) is 5.22. The number of rotatable bonds is 7. The van der Waals surface area contributed by atoms with E-state index in [-0.39, 0.29) is 23.6 Å². The van der Waals surface area contributed by atoms with E-state index in [1.807, 2.05) is 11.9 Å². The number of hydrogen-bond donors (Lipinski definition) is 1. The standard InChI is InChI=1S/C21H22N6O4S/c1-27-14-2-3-18(27)26-32(29,30)17-6-4-16(5-7-17)23-19(28)8-9-20-24-21(25-31-20)15-10-12-22-13-11-15/h4-7,10-13H,2-3,8-9,14H2,1H3,(H,23,28)/b26-18+. The van der Waals surface area contributed by atoms with E-state index >= 15 is 0 Å². The summed E-state index contributed by atoms with van der Waals surface area (Å²) >= 11 is 0. The van der Waals surface area contributed by atoms with Crippen LogP contribution >= 0.6 is 0 Å². The second kappa shape index (κ2) is 9.27. The van der Waals surface area contributed by atoms with Gasteiger partial charge in [-0.15, -0.1) is 4.40 Å². The van der Waals surface area contributed by atoms with Crippen molar-refractivity contribution in [1.82, 2.24) is 20.0 Å². The molecule has 11 heteroatoms. The summed E-state index contributed by atoms with van der Waals surface area (Å²) in [5.74, 6) is 1.10. The highest BCUT2D eigenvalue weighted by Crippen LogP contribution is 2.19. The van der Waals surface area contributed by atoms with E-state index in [0.29, 0.717) is 29.7 Å². The Morgan fingerprint density at radius 1 is 1.19 bits per heavy atom. The van der Waals surface area contributed by atoms with Gasteiger partial charge in [0.05, 0.1) is 4.90 Å². The van der Waals surface area contributed by atoms with Crippen LogP contribution in [0.15, 0.2) is 62.6 Å². The van der Waals surface area contributed by atoms with Crippen molar-refractivity contribution in [2.24, 2.45) is 4.40 Å². The van der Waals surface area contributed by atoms with Crippen molar-refractivity contribution in [3.05, 3.63) is 54.7 Å². The molecule has 1 fully saturated rings. The molecule has 166 valence electrons. The third-order valence-electron chi connectivity index (χ3n) is 4.97. The SMILES string of the molecule is CN1CCC/C1=N\S(=O)(=O)c1ccc(NC(=O)CCc2nc(-c3ccncc3)no2)cc1. The van der Waals surface area contributed by atoms with Crippen molar-refractivity contribution < 1.29 is 17.7 Å². The Hall–Kier alpha value is -3.60. The third kappa shape index (κ3) is 5.17. The number of benzene rings is 1. The van der Waals surface area contributed by atoms with Crippen LogP contribution in [0.1, 0.15) is 25.2 Å². The first-order chi connectivity index (χ1) is 15.4. The molecule has 1 aromatic carbocycles. The van der Waals surface area contributed by atoms with Gasteiger partial charge in [0.1, 0.15) is 5.84 Å². The molecule has 0 atom stereocenters. The molecule has 1 aliphatic heterocycles. The van der Waals surface area contributed by atoms with Gasteiger partial charge in [-0.1, -0.05) is 5.16 Å². The van der Waals surface area contributed by atoms with Gasteiger partial charge >= 0.3 is 0 Å². The summed E-state index contributed by atoms with van der Waals surface area (Å²) < 4.78 is 34.1. The number of hydrogen-bond acceptors (Lipinski definition) is 7. The fourth-order valence-corrected chi connectivity index (χ4v) is 4.32. The third-order valence-corrected chi connectivity index (χ3v) is 6.29. The Labute approximate surface area is 185 Å². The number of carbonyl (C=O) groups is 1. The van der Waals surface area contributed by atoms with Crippen LogP contribution in [-0.4, -0.2) is 53.8 Å². The van der Waals surface area contributed by atoms with Crippen molar-refractivity contribution in [2.75, 3.05) is 18.9 Å². The molecule has 2 aromatic heterocycles. The van der Waals surface area contributed by atoms with E-state index in [1.54, 1.807) is 24.5 Å². The lowest BCUT2D eigenvalue weighted by Gasteiger charge is -2.11. The van der Waals surface area contributed by atoms with Crippen molar-refractivity contribution in [2.45, 2.75) is 30.6 Å². The quantitative estimate of drug-likeness (QED) is 0.576. The first kappa shape index (κ1) is 21.6. The fraction of sp³-hybridized carbons (Fsp3) is 0.286.